The third-order valence-corrected chi connectivity index (χ3v) is 2.75. The summed E-state index contributed by atoms with van der Waals surface area (Å²) >= 11 is 5.86. The smallest absolute Gasteiger partial charge is 0.366 e. The van der Waals surface area contributed by atoms with Crippen molar-refractivity contribution in [1.29, 1.82) is 0 Å². The quantitative estimate of drug-likeness (QED) is 0.476. The molecule has 0 aliphatic carbocycles. The van der Waals surface area contributed by atoms with Crippen LogP contribution in [-0.4, -0.2) is 25.1 Å². The standard InChI is InChI=1S/C14H14ClNO4/c1-3-18-7-11-14(17)20-13(16-11)8-19-12-5-4-10(15)6-9(12)2/h4-7H,3,8H2,1-2H3/b11-7+. The van der Waals surface area contributed by atoms with Crippen molar-refractivity contribution < 1.29 is 19.0 Å². The molecule has 1 aliphatic heterocycles. The molecule has 1 heterocycles. The zero-order chi connectivity index (χ0) is 14.5. The van der Waals surface area contributed by atoms with Gasteiger partial charge in [0.15, 0.2) is 12.3 Å². The van der Waals surface area contributed by atoms with E-state index in [1.165, 1.54) is 6.26 Å². The third kappa shape index (κ3) is 3.51. The molecule has 1 aromatic carbocycles. The maximum atomic E-state index is 11.5. The largest absolute Gasteiger partial charge is 0.499 e. The predicted octanol–water partition coefficient (Wildman–Crippen LogP) is 2.86. The summed E-state index contributed by atoms with van der Waals surface area (Å²) in [5.41, 5.74) is 1.03. The fraction of sp³-hybridized carbons (Fsp3) is 0.286. The number of ether oxygens (including phenoxy) is 3. The molecule has 5 nitrogen and oxygen atoms in total. The molecule has 20 heavy (non-hydrogen) atoms. The highest BCUT2D eigenvalue weighted by Crippen LogP contribution is 2.22. The van der Waals surface area contributed by atoms with Gasteiger partial charge in [0.05, 0.1) is 6.61 Å². The Labute approximate surface area is 121 Å². The number of cyclic esters (lactones) is 1. The number of hydrogen-bond acceptors (Lipinski definition) is 5. The van der Waals surface area contributed by atoms with Crippen molar-refractivity contribution in [3.8, 4) is 5.75 Å². The summed E-state index contributed by atoms with van der Waals surface area (Å²) in [6.07, 6.45) is 1.28. The molecule has 0 unspecified atom stereocenters. The van der Waals surface area contributed by atoms with E-state index in [-0.39, 0.29) is 18.2 Å². The Hall–Kier alpha value is -2.01. The Morgan fingerprint density at radius 2 is 2.25 bits per heavy atom. The summed E-state index contributed by atoms with van der Waals surface area (Å²) < 4.78 is 15.5. The molecule has 0 bridgehead atoms. The molecule has 6 heteroatoms. The third-order valence-electron chi connectivity index (χ3n) is 2.51. The van der Waals surface area contributed by atoms with Gasteiger partial charge in [0.2, 0.25) is 5.90 Å². The van der Waals surface area contributed by atoms with Crippen LogP contribution in [0.2, 0.25) is 5.02 Å². The van der Waals surface area contributed by atoms with Crippen molar-refractivity contribution in [1.82, 2.24) is 0 Å². The molecule has 1 aliphatic rings. The number of rotatable bonds is 5. The normalized spacial score (nSPS) is 16.1. The van der Waals surface area contributed by atoms with Crippen molar-refractivity contribution in [3.63, 3.8) is 0 Å². The van der Waals surface area contributed by atoms with E-state index in [9.17, 15) is 4.79 Å². The minimum absolute atomic E-state index is 0.0671. The zero-order valence-corrected chi connectivity index (χ0v) is 11.9. The van der Waals surface area contributed by atoms with Crippen LogP contribution in [0.15, 0.2) is 35.2 Å². The highest BCUT2D eigenvalue weighted by atomic mass is 35.5. The lowest BCUT2D eigenvalue weighted by atomic mass is 10.2. The van der Waals surface area contributed by atoms with E-state index in [2.05, 4.69) is 4.99 Å². The first kappa shape index (κ1) is 14.4. The van der Waals surface area contributed by atoms with Gasteiger partial charge in [-0.1, -0.05) is 11.6 Å². The second-order valence-electron chi connectivity index (χ2n) is 4.05. The number of esters is 1. The first-order chi connectivity index (χ1) is 9.60. The molecule has 106 valence electrons. The Bertz CT molecular complexity index is 581. The van der Waals surface area contributed by atoms with E-state index in [0.717, 1.165) is 5.56 Å². The van der Waals surface area contributed by atoms with Crippen molar-refractivity contribution in [2.24, 2.45) is 4.99 Å². The number of aryl methyl sites for hydroxylation is 1. The first-order valence-corrected chi connectivity index (χ1v) is 6.48. The topological polar surface area (TPSA) is 57.1 Å². The van der Waals surface area contributed by atoms with Gasteiger partial charge in [0.25, 0.3) is 0 Å². The molecule has 0 N–H and O–H groups in total. The molecule has 0 spiro atoms. The number of halogens is 1. The second-order valence-corrected chi connectivity index (χ2v) is 4.49. The molecule has 0 amide bonds. The monoisotopic (exact) mass is 295 g/mol. The number of carbonyl (C=O) groups excluding carboxylic acids is 1. The van der Waals surface area contributed by atoms with Gasteiger partial charge >= 0.3 is 5.97 Å². The molecule has 0 saturated heterocycles. The van der Waals surface area contributed by atoms with Gasteiger partial charge in [-0.3, -0.25) is 0 Å². The van der Waals surface area contributed by atoms with E-state index in [1.807, 2.05) is 13.8 Å². The molecule has 1 aromatic rings. The molecular weight excluding hydrogens is 282 g/mol. The predicted molar refractivity (Wildman–Crippen MR) is 74.9 cm³/mol. The summed E-state index contributed by atoms with van der Waals surface area (Å²) in [4.78, 5) is 15.5. The van der Waals surface area contributed by atoms with Crippen LogP contribution < -0.4 is 4.74 Å². The lowest BCUT2D eigenvalue weighted by molar-refractivity contribution is -0.130. The second kappa shape index (κ2) is 6.43. The maximum absolute atomic E-state index is 11.5. The Balaban J connectivity index is 1.99. The van der Waals surface area contributed by atoms with Crippen LogP contribution in [0, 0.1) is 6.92 Å². The van der Waals surface area contributed by atoms with Gasteiger partial charge in [0.1, 0.15) is 12.0 Å². The van der Waals surface area contributed by atoms with Gasteiger partial charge in [-0.15, -0.1) is 0 Å². The molecule has 0 aromatic heterocycles. The number of hydrogen-bond donors (Lipinski definition) is 0. The van der Waals surface area contributed by atoms with E-state index in [4.69, 9.17) is 25.8 Å². The van der Waals surface area contributed by atoms with Gasteiger partial charge in [-0.2, -0.15) is 0 Å². The molecule has 0 fully saturated rings. The molecule has 0 radical (unpaired) electrons. The molecule has 0 atom stereocenters. The Morgan fingerprint density at radius 1 is 1.45 bits per heavy atom. The average molecular weight is 296 g/mol. The van der Waals surface area contributed by atoms with Gasteiger partial charge < -0.3 is 14.2 Å². The Kier molecular flexibility index (Phi) is 4.63. The van der Waals surface area contributed by atoms with E-state index >= 15 is 0 Å². The summed E-state index contributed by atoms with van der Waals surface area (Å²) in [5, 5.41) is 0.640. The number of aliphatic imine (C=N–C) groups is 1. The van der Waals surface area contributed by atoms with Crippen molar-refractivity contribution in [3.05, 3.63) is 40.7 Å². The van der Waals surface area contributed by atoms with Crippen LogP contribution in [0.5, 0.6) is 5.75 Å². The van der Waals surface area contributed by atoms with Crippen LogP contribution in [0.1, 0.15) is 12.5 Å². The van der Waals surface area contributed by atoms with E-state index in [0.29, 0.717) is 17.4 Å². The van der Waals surface area contributed by atoms with Crippen LogP contribution in [0.3, 0.4) is 0 Å². The highest BCUT2D eigenvalue weighted by Gasteiger charge is 2.23. The summed E-state index contributed by atoms with van der Waals surface area (Å²) in [6.45, 7) is 4.22. The number of carbonyl (C=O) groups is 1. The van der Waals surface area contributed by atoms with Crippen molar-refractivity contribution in [2.45, 2.75) is 13.8 Å². The Morgan fingerprint density at radius 3 is 2.95 bits per heavy atom. The summed E-state index contributed by atoms with van der Waals surface area (Å²) in [5.74, 6) is 0.329. The van der Waals surface area contributed by atoms with E-state index < -0.39 is 5.97 Å². The zero-order valence-electron chi connectivity index (χ0n) is 11.2. The molecular formula is C14H14ClNO4. The summed E-state index contributed by atoms with van der Waals surface area (Å²) in [6, 6.07) is 5.28. The van der Waals surface area contributed by atoms with Gasteiger partial charge in [-0.05, 0) is 37.6 Å². The van der Waals surface area contributed by atoms with Crippen LogP contribution in [-0.2, 0) is 14.3 Å². The maximum Gasteiger partial charge on any atom is 0.366 e. The summed E-state index contributed by atoms with van der Waals surface area (Å²) in [7, 11) is 0. The minimum atomic E-state index is -0.537. The van der Waals surface area contributed by atoms with Crippen LogP contribution >= 0.6 is 11.6 Å². The minimum Gasteiger partial charge on any atom is -0.499 e. The average Bonchev–Trinajstić information content (AvgIpc) is 2.76. The van der Waals surface area contributed by atoms with Gasteiger partial charge in [-0.25, -0.2) is 9.79 Å². The van der Waals surface area contributed by atoms with Crippen LogP contribution in [0.4, 0.5) is 0 Å². The number of benzene rings is 1. The van der Waals surface area contributed by atoms with Crippen molar-refractivity contribution in [2.75, 3.05) is 13.2 Å². The lowest BCUT2D eigenvalue weighted by Crippen LogP contribution is -2.13. The van der Waals surface area contributed by atoms with Gasteiger partial charge in [0, 0.05) is 5.02 Å². The first-order valence-electron chi connectivity index (χ1n) is 6.10. The van der Waals surface area contributed by atoms with Crippen molar-refractivity contribution >= 4 is 23.5 Å². The lowest BCUT2D eigenvalue weighted by Gasteiger charge is -2.08. The van der Waals surface area contributed by atoms with E-state index in [1.54, 1.807) is 18.2 Å². The fourth-order valence-corrected chi connectivity index (χ4v) is 1.80. The highest BCUT2D eigenvalue weighted by molar-refractivity contribution is 6.30. The number of nitrogens with zero attached hydrogens (tertiary/aromatic N) is 1. The molecule has 0 saturated carbocycles. The molecule has 2 rings (SSSR count). The SMILES string of the molecule is CCO/C=C1/N=C(COc2ccc(Cl)cc2C)OC1=O. The fourth-order valence-electron chi connectivity index (χ4n) is 1.57. The van der Waals surface area contributed by atoms with Crippen LogP contribution in [0.25, 0.3) is 0 Å².